The molecule has 0 radical (unpaired) electrons. The fourth-order valence-corrected chi connectivity index (χ4v) is 3.11. The van der Waals surface area contributed by atoms with Crippen LogP contribution >= 0.6 is 0 Å². The number of hydrogen-bond donors (Lipinski definition) is 1. The van der Waals surface area contributed by atoms with Gasteiger partial charge in [-0.25, -0.2) is 4.98 Å². The van der Waals surface area contributed by atoms with E-state index in [0.717, 1.165) is 18.7 Å². The molecule has 0 saturated heterocycles. The van der Waals surface area contributed by atoms with Crippen LogP contribution in [-0.4, -0.2) is 50.5 Å². The normalized spacial score (nSPS) is 21.2. The standard InChI is InChI=1S/C13H24N4O/c1-16(2)13(7-5-4-6-8-13)11(18)9-12-14-10-15-17(12)3/h10-11,18H,4-9H2,1-3H3. The Bertz CT molecular complexity index is 382. The van der Waals surface area contributed by atoms with Crippen LogP contribution in [0.4, 0.5) is 0 Å². The summed E-state index contributed by atoms with van der Waals surface area (Å²) in [4.78, 5) is 6.42. The van der Waals surface area contributed by atoms with Crippen LogP contribution < -0.4 is 0 Å². The van der Waals surface area contributed by atoms with E-state index in [1.807, 2.05) is 7.05 Å². The molecule has 18 heavy (non-hydrogen) atoms. The van der Waals surface area contributed by atoms with Crippen LogP contribution in [0.15, 0.2) is 6.33 Å². The number of hydrogen-bond acceptors (Lipinski definition) is 4. The molecule has 1 N–H and O–H groups in total. The number of aromatic nitrogens is 3. The van der Waals surface area contributed by atoms with Crippen molar-refractivity contribution in [3.8, 4) is 0 Å². The van der Waals surface area contributed by atoms with Gasteiger partial charge in [0, 0.05) is 19.0 Å². The number of likely N-dealkylation sites (N-methyl/N-ethyl adjacent to an activating group) is 1. The maximum Gasteiger partial charge on any atom is 0.138 e. The van der Waals surface area contributed by atoms with Gasteiger partial charge in [-0.1, -0.05) is 19.3 Å². The summed E-state index contributed by atoms with van der Waals surface area (Å²) in [5, 5.41) is 14.7. The summed E-state index contributed by atoms with van der Waals surface area (Å²) in [5.74, 6) is 0.856. The zero-order valence-corrected chi connectivity index (χ0v) is 11.6. The van der Waals surface area contributed by atoms with Crippen molar-refractivity contribution in [3.05, 3.63) is 12.2 Å². The van der Waals surface area contributed by atoms with Gasteiger partial charge in [0.2, 0.25) is 0 Å². The molecule has 1 aliphatic carbocycles. The van der Waals surface area contributed by atoms with Crippen LogP contribution in [0.5, 0.6) is 0 Å². The molecule has 0 aromatic carbocycles. The molecule has 1 saturated carbocycles. The highest BCUT2D eigenvalue weighted by molar-refractivity contribution is 5.01. The molecule has 5 nitrogen and oxygen atoms in total. The molecule has 5 heteroatoms. The van der Waals surface area contributed by atoms with Crippen molar-refractivity contribution in [1.29, 1.82) is 0 Å². The van der Waals surface area contributed by atoms with Gasteiger partial charge in [0.15, 0.2) is 0 Å². The fraction of sp³-hybridized carbons (Fsp3) is 0.846. The molecular formula is C13H24N4O. The van der Waals surface area contributed by atoms with Gasteiger partial charge in [-0.05, 0) is 26.9 Å². The maximum atomic E-state index is 10.7. The van der Waals surface area contributed by atoms with Gasteiger partial charge < -0.3 is 10.0 Å². The van der Waals surface area contributed by atoms with Crippen molar-refractivity contribution in [3.63, 3.8) is 0 Å². The van der Waals surface area contributed by atoms with Crippen LogP contribution in [0.25, 0.3) is 0 Å². The Morgan fingerprint density at radius 3 is 2.56 bits per heavy atom. The van der Waals surface area contributed by atoms with E-state index < -0.39 is 0 Å². The molecule has 1 aromatic heterocycles. The molecule has 0 aliphatic heterocycles. The van der Waals surface area contributed by atoms with Gasteiger partial charge in [0.05, 0.1) is 6.10 Å². The van der Waals surface area contributed by atoms with Crippen molar-refractivity contribution < 1.29 is 5.11 Å². The van der Waals surface area contributed by atoms with Crippen LogP contribution in [-0.2, 0) is 13.5 Å². The number of aryl methyl sites for hydroxylation is 1. The lowest BCUT2D eigenvalue weighted by molar-refractivity contribution is -0.0322. The van der Waals surface area contributed by atoms with E-state index in [4.69, 9.17) is 0 Å². The predicted octanol–water partition coefficient (Wildman–Crippen LogP) is 0.983. The van der Waals surface area contributed by atoms with Gasteiger partial charge in [-0.2, -0.15) is 5.10 Å². The quantitative estimate of drug-likeness (QED) is 0.868. The first-order chi connectivity index (χ1) is 8.56. The Hall–Kier alpha value is -0.940. The van der Waals surface area contributed by atoms with Crippen molar-refractivity contribution >= 4 is 0 Å². The number of aliphatic hydroxyl groups excluding tert-OH is 1. The van der Waals surface area contributed by atoms with Gasteiger partial charge >= 0.3 is 0 Å². The Kier molecular flexibility index (Phi) is 4.02. The summed E-state index contributed by atoms with van der Waals surface area (Å²) in [6.45, 7) is 0. The lowest BCUT2D eigenvalue weighted by Gasteiger charge is -2.46. The number of rotatable bonds is 4. The lowest BCUT2D eigenvalue weighted by Crippen LogP contribution is -2.55. The minimum Gasteiger partial charge on any atom is -0.391 e. The largest absolute Gasteiger partial charge is 0.391 e. The SMILES string of the molecule is CN(C)C1(C(O)Cc2ncnn2C)CCCCC1. The third kappa shape index (κ3) is 2.42. The molecule has 1 fully saturated rings. The average Bonchev–Trinajstić information content (AvgIpc) is 2.75. The second-order valence-corrected chi connectivity index (χ2v) is 5.58. The first-order valence-electron chi connectivity index (χ1n) is 6.74. The Morgan fingerprint density at radius 1 is 1.39 bits per heavy atom. The van der Waals surface area contributed by atoms with E-state index in [-0.39, 0.29) is 11.6 Å². The second-order valence-electron chi connectivity index (χ2n) is 5.58. The second kappa shape index (κ2) is 5.36. The molecule has 1 aromatic rings. The first-order valence-corrected chi connectivity index (χ1v) is 6.74. The smallest absolute Gasteiger partial charge is 0.138 e. The van der Waals surface area contributed by atoms with E-state index in [0.29, 0.717) is 6.42 Å². The molecule has 0 amide bonds. The van der Waals surface area contributed by atoms with E-state index in [1.165, 1.54) is 19.3 Å². The van der Waals surface area contributed by atoms with Crippen LogP contribution in [0.3, 0.4) is 0 Å². The molecule has 1 atom stereocenters. The van der Waals surface area contributed by atoms with Gasteiger partial charge in [-0.15, -0.1) is 0 Å². The van der Waals surface area contributed by atoms with Crippen molar-refractivity contribution in [2.24, 2.45) is 7.05 Å². The zero-order chi connectivity index (χ0) is 13.2. The Morgan fingerprint density at radius 2 is 2.06 bits per heavy atom. The monoisotopic (exact) mass is 252 g/mol. The third-order valence-electron chi connectivity index (χ3n) is 4.41. The van der Waals surface area contributed by atoms with Crippen LogP contribution in [0, 0.1) is 0 Å². The summed E-state index contributed by atoms with van der Waals surface area (Å²) in [7, 11) is 6.02. The van der Waals surface area contributed by atoms with E-state index in [2.05, 4.69) is 29.1 Å². The molecule has 102 valence electrons. The van der Waals surface area contributed by atoms with E-state index >= 15 is 0 Å². The molecular weight excluding hydrogens is 228 g/mol. The number of nitrogens with zero attached hydrogens (tertiary/aromatic N) is 4. The molecule has 0 bridgehead atoms. The van der Waals surface area contributed by atoms with Gasteiger partial charge in [0.1, 0.15) is 12.2 Å². The van der Waals surface area contributed by atoms with Gasteiger partial charge in [-0.3, -0.25) is 4.68 Å². The highest BCUT2D eigenvalue weighted by atomic mass is 16.3. The van der Waals surface area contributed by atoms with Gasteiger partial charge in [0.25, 0.3) is 0 Å². The van der Waals surface area contributed by atoms with E-state index in [1.54, 1.807) is 11.0 Å². The molecule has 1 heterocycles. The predicted molar refractivity (Wildman–Crippen MR) is 70.2 cm³/mol. The molecule has 1 unspecified atom stereocenters. The van der Waals surface area contributed by atoms with Crippen LogP contribution in [0.1, 0.15) is 37.9 Å². The topological polar surface area (TPSA) is 54.2 Å². The van der Waals surface area contributed by atoms with Crippen molar-refractivity contribution in [2.75, 3.05) is 14.1 Å². The molecule has 1 aliphatic rings. The Labute approximate surface area is 109 Å². The minimum atomic E-state index is -0.379. The molecule has 0 spiro atoms. The Balaban J connectivity index is 2.13. The zero-order valence-electron chi connectivity index (χ0n) is 11.6. The van der Waals surface area contributed by atoms with Crippen molar-refractivity contribution in [1.82, 2.24) is 19.7 Å². The average molecular weight is 252 g/mol. The van der Waals surface area contributed by atoms with E-state index in [9.17, 15) is 5.11 Å². The lowest BCUT2D eigenvalue weighted by atomic mass is 9.75. The first kappa shape index (κ1) is 13.5. The summed E-state index contributed by atoms with van der Waals surface area (Å²) < 4.78 is 1.75. The highest BCUT2D eigenvalue weighted by Gasteiger charge is 2.41. The minimum absolute atomic E-state index is 0.0931. The fourth-order valence-electron chi connectivity index (χ4n) is 3.11. The third-order valence-corrected chi connectivity index (χ3v) is 4.41. The van der Waals surface area contributed by atoms with Crippen molar-refractivity contribution in [2.45, 2.75) is 50.2 Å². The summed E-state index contributed by atoms with van der Waals surface area (Å²) in [6, 6.07) is 0. The summed E-state index contributed by atoms with van der Waals surface area (Å²) in [6.07, 6.45) is 7.57. The molecule has 2 rings (SSSR count). The summed E-state index contributed by atoms with van der Waals surface area (Å²) in [5.41, 5.74) is -0.0931. The maximum absolute atomic E-state index is 10.7. The van der Waals surface area contributed by atoms with Crippen LogP contribution in [0.2, 0.25) is 0 Å². The number of aliphatic hydroxyl groups is 1. The highest BCUT2D eigenvalue weighted by Crippen LogP contribution is 2.36. The summed E-state index contributed by atoms with van der Waals surface area (Å²) >= 11 is 0.